The molecule has 8 heteroatoms. The van der Waals surface area contributed by atoms with Gasteiger partial charge in [0.1, 0.15) is 5.82 Å². The zero-order valence-corrected chi connectivity index (χ0v) is 11.5. The molecule has 0 fully saturated rings. The Hall–Kier alpha value is -2.41. The highest BCUT2D eigenvalue weighted by Gasteiger charge is 2.08. The first-order valence-electron chi connectivity index (χ1n) is 6.01. The van der Waals surface area contributed by atoms with Gasteiger partial charge in [-0.25, -0.2) is 9.07 Å². The van der Waals surface area contributed by atoms with E-state index in [0.717, 1.165) is 22.9 Å². The van der Waals surface area contributed by atoms with Crippen molar-refractivity contribution in [2.45, 2.75) is 13.0 Å². The minimum Gasteiger partial charge on any atom is -0.324 e. The van der Waals surface area contributed by atoms with Gasteiger partial charge in [-0.3, -0.25) is 19.5 Å². The number of aromatic nitrogens is 2. The summed E-state index contributed by atoms with van der Waals surface area (Å²) in [6.07, 6.45) is -0.0953. The molecule has 1 heterocycles. The molecule has 0 saturated heterocycles. The number of rotatable bonds is 4. The molecule has 1 amide bonds. The summed E-state index contributed by atoms with van der Waals surface area (Å²) in [6.45, 7) is -0.0179. The average molecular weight is 312 g/mol. The summed E-state index contributed by atoms with van der Waals surface area (Å²) in [5, 5.41) is 4.87. The van der Waals surface area contributed by atoms with Gasteiger partial charge in [-0.05, 0) is 18.2 Å². The van der Waals surface area contributed by atoms with E-state index in [1.165, 1.54) is 12.1 Å². The normalized spacial score (nSPS) is 10.4. The minimum atomic E-state index is -0.652. The Morgan fingerprint density at radius 1 is 1.29 bits per heavy atom. The number of halogens is 2. The number of hydrogen-bond acceptors (Lipinski definition) is 3. The van der Waals surface area contributed by atoms with Crippen LogP contribution in [0, 0.1) is 5.82 Å². The molecule has 0 spiro atoms. The molecule has 1 aromatic carbocycles. The summed E-state index contributed by atoms with van der Waals surface area (Å²) in [5.41, 5.74) is -0.878. The zero-order valence-electron chi connectivity index (χ0n) is 10.7. The van der Waals surface area contributed by atoms with Gasteiger partial charge in [0, 0.05) is 23.6 Å². The number of nitrogens with zero attached hydrogens (tertiary/aromatic N) is 1. The molecule has 2 N–H and O–H groups in total. The van der Waals surface area contributed by atoms with Gasteiger partial charge in [0.25, 0.3) is 11.1 Å². The van der Waals surface area contributed by atoms with E-state index in [0.29, 0.717) is 0 Å². The molecule has 0 aliphatic rings. The number of aryl methyl sites for hydroxylation is 1. The molecule has 0 bridgehead atoms. The van der Waals surface area contributed by atoms with E-state index in [4.69, 9.17) is 11.6 Å². The number of H-pyrrole nitrogens is 1. The van der Waals surface area contributed by atoms with E-state index in [1.54, 1.807) is 0 Å². The van der Waals surface area contributed by atoms with Crippen molar-refractivity contribution in [3.63, 3.8) is 0 Å². The highest BCUT2D eigenvalue weighted by molar-refractivity contribution is 6.30. The summed E-state index contributed by atoms with van der Waals surface area (Å²) >= 11 is 5.60. The maximum Gasteiger partial charge on any atom is 0.265 e. The van der Waals surface area contributed by atoms with Crippen LogP contribution in [0.4, 0.5) is 10.1 Å². The van der Waals surface area contributed by atoms with Crippen LogP contribution in [-0.4, -0.2) is 15.7 Å². The third-order valence-corrected chi connectivity index (χ3v) is 2.89. The van der Waals surface area contributed by atoms with Crippen molar-refractivity contribution in [1.82, 2.24) is 9.78 Å². The second-order valence-corrected chi connectivity index (χ2v) is 4.66. The van der Waals surface area contributed by atoms with Gasteiger partial charge in [0.05, 0.1) is 12.2 Å². The predicted octanol–water partition coefficient (Wildman–Crippen LogP) is 1.36. The van der Waals surface area contributed by atoms with Crippen LogP contribution in [-0.2, 0) is 11.3 Å². The molecule has 0 unspecified atom stereocenters. The zero-order chi connectivity index (χ0) is 15.4. The van der Waals surface area contributed by atoms with Crippen molar-refractivity contribution in [3.8, 4) is 0 Å². The van der Waals surface area contributed by atoms with Crippen LogP contribution < -0.4 is 16.4 Å². The number of benzene rings is 1. The van der Waals surface area contributed by atoms with Crippen LogP contribution in [0.1, 0.15) is 6.42 Å². The van der Waals surface area contributed by atoms with Crippen LogP contribution >= 0.6 is 11.6 Å². The molecular formula is C13H11ClFN3O3. The quantitative estimate of drug-likeness (QED) is 0.894. The number of hydrogen-bond donors (Lipinski definition) is 2. The van der Waals surface area contributed by atoms with Crippen molar-refractivity contribution >= 4 is 23.2 Å². The standard InChI is InChI=1S/C13H11ClFN3O3/c14-8-1-2-10(9(15)7-8)16-11(19)5-6-18-13(21)4-3-12(20)17-18/h1-4,7H,5-6H2,(H,16,19)(H,17,20). The van der Waals surface area contributed by atoms with Crippen molar-refractivity contribution in [1.29, 1.82) is 0 Å². The number of nitrogens with one attached hydrogen (secondary N) is 2. The minimum absolute atomic E-state index is 0.00157. The average Bonchev–Trinajstić information content (AvgIpc) is 2.43. The maximum atomic E-state index is 13.5. The Balaban J connectivity index is 2.00. The summed E-state index contributed by atoms with van der Waals surface area (Å²) in [7, 11) is 0. The number of carbonyl (C=O) groups is 1. The number of carbonyl (C=O) groups excluding carboxylic acids is 1. The Morgan fingerprint density at radius 2 is 2.05 bits per heavy atom. The van der Waals surface area contributed by atoms with E-state index >= 15 is 0 Å². The van der Waals surface area contributed by atoms with Crippen LogP contribution in [0.3, 0.4) is 0 Å². The second kappa shape index (κ2) is 6.36. The Labute approximate surface area is 123 Å². The van der Waals surface area contributed by atoms with Gasteiger partial charge in [0.2, 0.25) is 5.91 Å². The van der Waals surface area contributed by atoms with E-state index < -0.39 is 22.8 Å². The summed E-state index contributed by atoms with van der Waals surface area (Å²) in [6, 6.07) is 6.07. The fraction of sp³-hybridized carbons (Fsp3) is 0.154. The first-order valence-corrected chi connectivity index (χ1v) is 6.38. The maximum absolute atomic E-state index is 13.5. The van der Waals surface area contributed by atoms with Crippen LogP contribution in [0.25, 0.3) is 0 Å². The highest BCUT2D eigenvalue weighted by atomic mass is 35.5. The number of anilines is 1. The molecule has 0 saturated carbocycles. The van der Waals surface area contributed by atoms with Gasteiger partial charge < -0.3 is 5.32 Å². The third kappa shape index (κ3) is 4.03. The van der Waals surface area contributed by atoms with E-state index in [2.05, 4.69) is 10.4 Å². The number of amides is 1. The lowest BCUT2D eigenvalue weighted by atomic mass is 10.3. The van der Waals surface area contributed by atoms with Gasteiger partial charge >= 0.3 is 0 Å². The monoisotopic (exact) mass is 311 g/mol. The first kappa shape index (κ1) is 15.0. The molecule has 0 aliphatic heterocycles. The molecule has 2 rings (SSSR count). The van der Waals surface area contributed by atoms with Gasteiger partial charge in [-0.1, -0.05) is 11.6 Å². The highest BCUT2D eigenvalue weighted by Crippen LogP contribution is 2.18. The molecule has 21 heavy (non-hydrogen) atoms. The van der Waals surface area contributed by atoms with Crippen LogP contribution in [0.2, 0.25) is 5.02 Å². The van der Waals surface area contributed by atoms with Crippen molar-refractivity contribution in [2.75, 3.05) is 5.32 Å². The molecule has 1 aromatic heterocycles. The lowest BCUT2D eigenvalue weighted by Gasteiger charge is -2.07. The van der Waals surface area contributed by atoms with Gasteiger partial charge in [-0.15, -0.1) is 0 Å². The molecule has 0 radical (unpaired) electrons. The predicted molar refractivity (Wildman–Crippen MR) is 76.0 cm³/mol. The molecule has 2 aromatic rings. The molecule has 110 valence electrons. The SMILES string of the molecule is O=C(CCn1[nH]c(=O)ccc1=O)Nc1ccc(Cl)cc1F. The topological polar surface area (TPSA) is 84.0 Å². The van der Waals surface area contributed by atoms with Crippen molar-refractivity contribution in [2.24, 2.45) is 0 Å². The second-order valence-electron chi connectivity index (χ2n) is 4.22. The fourth-order valence-electron chi connectivity index (χ4n) is 1.65. The lowest BCUT2D eigenvalue weighted by molar-refractivity contribution is -0.116. The molecule has 0 aliphatic carbocycles. The summed E-state index contributed by atoms with van der Waals surface area (Å²) < 4.78 is 14.5. The number of aromatic amines is 1. The van der Waals surface area contributed by atoms with E-state index in [9.17, 15) is 18.8 Å². The smallest absolute Gasteiger partial charge is 0.265 e. The van der Waals surface area contributed by atoms with Crippen LogP contribution in [0.15, 0.2) is 39.9 Å². The molecule has 0 atom stereocenters. The molecule has 6 nitrogen and oxygen atoms in total. The first-order chi connectivity index (χ1) is 9.95. The van der Waals surface area contributed by atoms with E-state index in [1.807, 2.05) is 0 Å². The Kier molecular flexibility index (Phi) is 4.54. The van der Waals surface area contributed by atoms with Crippen LogP contribution in [0.5, 0.6) is 0 Å². The summed E-state index contributed by atoms with van der Waals surface area (Å²) in [5.74, 6) is -1.14. The lowest BCUT2D eigenvalue weighted by Crippen LogP contribution is -2.29. The van der Waals surface area contributed by atoms with Gasteiger partial charge in [-0.2, -0.15) is 0 Å². The van der Waals surface area contributed by atoms with Gasteiger partial charge in [0.15, 0.2) is 0 Å². The van der Waals surface area contributed by atoms with Crippen molar-refractivity contribution < 1.29 is 9.18 Å². The van der Waals surface area contributed by atoms with Crippen molar-refractivity contribution in [3.05, 3.63) is 61.9 Å². The summed E-state index contributed by atoms with van der Waals surface area (Å²) in [4.78, 5) is 34.2. The Morgan fingerprint density at radius 3 is 2.76 bits per heavy atom. The third-order valence-electron chi connectivity index (χ3n) is 2.66. The largest absolute Gasteiger partial charge is 0.324 e. The van der Waals surface area contributed by atoms with E-state index in [-0.39, 0.29) is 23.7 Å². The molecular weight excluding hydrogens is 301 g/mol. The Bertz CT molecular complexity index is 785. The fourth-order valence-corrected chi connectivity index (χ4v) is 1.80.